The normalized spacial score (nSPS) is 23.4. The molecule has 1 N–H and O–H groups in total. The molecular formula is C22H24FN3O3. The summed E-state index contributed by atoms with van der Waals surface area (Å²) in [6.07, 6.45) is -0.138. The average Bonchev–Trinajstić information content (AvgIpc) is 3.08. The van der Waals surface area contributed by atoms with E-state index < -0.39 is 12.3 Å². The highest BCUT2D eigenvalue weighted by molar-refractivity contribution is 5.98. The van der Waals surface area contributed by atoms with E-state index in [1.807, 2.05) is 36.1 Å². The van der Waals surface area contributed by atoms with Crippen LogP contribution in [0.15, 0.2) is 24.3 Å². The van der Waals surface area contributed by atoms with E-state index in [4.69, 9.17) is 9.47 Å². The van der Waals surface area contributed by atoms with Crippen molar-refractivity contribution in [3.63, 3.8) is 0 Å². The Morgan fingerprint density at radius 2 is 2.21 bits per heavy atom. The number of alkyl halides is 1. The third-order valence-corrected chi connectivity index (χ3v) is 5.95. The molecule has 3 aliphatic rings. The lowest BCUT2D eigenvalue weighted by molar-refractivity contribution is 0.0810. The Labute approximate surface area is 169 Å². The van der Waals surface area contributed by atoms with E-state index in [0.29, 0.717) is 31.7 Å². The maximum atomic E-state index is 15.0. The Hall–Kier alpha value is -2.67. The van der Waals surface area contributed by atoms with Gasteiger partial charge in [-0.05, 0) is 48.2 Å². The van der Waals surface area contributed by atoms with Crippen LogP contribution in [0.25, 0.3) is 0 Å². The molecule has 1 aromatic heterocycles. The number of halogens is 1. The van der Waals surface area contributed by atoms with Gasteiger partial charge in [-0.25, -0.2) is 9.37 Å². The summed E-state index contributed by atoms with van der Waals surface area (Å²) in [5.41, 5.74) is 4.66. The minimum absolute atomic E-state index is 0.0887. The molecule has 152 valence electrons. The second-order valence-electron chi connectivity index (χ2n) is 7.95. The molecule has 0 bridgehead atoms. The fourth-order valence-corrected chi connectivity index (χ4v) is 4.35. The van der Waals surface area contributed by atoms with Gasteiger partial charge in [-0.2, -0.15) is 0 Å². The zero-order valence-corrected chi connectivity index (χ0v) is 16.4. The van der Waals surface area contributed by atoms with E-state index in [1.165, 1.54) is 11.1 Å². The molecule has 29 heavy (non-hydrogen) atoms. The number of hydrogen-bond acceptors (Lipinski definition) is 5. The zero-order valence-electron chi connectivity index (χ0n) is 16.4. The lowest BCUT2D eigenvalue weighted by Gasteiger charge is -2.36. The standard InChI is InChI=1S/C22H24FN3O3/c1-13-8-17-19(10-24-22(17)27)25-21(13)26-6-4-20(18(23)11-26)29-16-3-2-15-12-28-7-5-14(15)9-16/h2-3,8-9,18,20H,4-7,10-12H2,1H3,(H,24,27)/t18-,20+/m0/s1. The highest BCUT2D eigenvalue weighted by Gasteiger charge is 2.33. The molecule has 0 aliphatic carbocycles. The first kappa shape index (κ1) is 18.4. The van der Waals surface area contributed by atoms with Crippen molar-refractivity contribution in [2.75, 3.05) is 24.6 Å². The van der Waals surface area contributed by atoms with E-state index in [9.17, 15) is 9.18 Å². The molecule has 0 unspecified atom stereocenters. The first-order chi connectivity index (χ1) is 14.1. The van der Waals surface area contributed by atoms with Crippen molar-refractivity contribution in [3.8, 4) is 5.75 Å². The molecule has 7 heteroatoms. The molecule has 0 radical (unpaired) electrons. The fraction of sp³-hybridized carbons (Fsp3) is 0.455. The van der Waals surface area contributed by atoms with Gasteiger partial charge in [-0.1, -0.05) is 6.07 Å². The average molecular weight is 397 g/mol. The Balaban J connectivity index is 1.28. The molecular weight excluding hydrogens is 373 g/mol. The first-order valence-corrected chi connectivity index (χ1v) is 10.1. The van der Waals surface area contributed by atoms with Gasteiger partial charge in [-0.15, -0.1) is 0 Å². The number of aryl methyl sites for hydroxylation is 1. The van der Waals surface area contributed by atoms with Crippen molar-refractivity contribution in [2.45, 2.75) is 45.2 Å². The SMILES string of the molecule is Cc1cc2c(nc1N1CC[C@@H](Oc3ccc4c(c3)CCOC4)[C@@H](F)C1)CNC2=O. The third-order valence-electron chi connectivity index (χ3n) is 5.95. The molecule has 6 nitrogen and oxygen atoms in total. The number of anilines is 1. The number of benzene rings is 1. The summed E-state index contributed by atoms with van der Waals surface area (Å²) in [6.45, 7) is 4.60. The van der Waals surface area contributed by atoms with E-state index >= 15 is 0 Å². The van der Waals surface area contributed by atoms with Crippen LogP contribution in [0.3, 0.4) is 0 Å². The second-order valence-corrected chi connectivity index (χ2v) is 7.95. The number of carbonyl (C=O) groups excluding carboxylic acids is 1. The van der Waals surface area contributed by atoms with Crippen molar-refractivity contribution < 1.29 is 18.7 Å². The molecule has 2 atom stereocenters. The lowest BCUT2D eigenvalue weighted by Crippen LogP contribution is -2.47. The van der Waals surface area contributed by atoms with Crippen molar-refractivity contribution in [1.82, 2.24) is 10.3 Å². The van der Waals surface area contributed by atoms with Crippen molar-refractivity contribution in [3.05, 3.63) is 52.2 Å². The molecule has 5 rings (SSSR count). The number of ether oxygens (including phenoxy) is 2. The summed E-state index contributed by atoms with van der Waals surface area (Å²) in [6, 6.07) is 7.79. The van der Waals surface area contributed by atoms with Crippen LogP contribution in [0.4, 0.5) is 10.2 Å². The maximum Gasteiger partial charge on any atom is 0.253 e. The number of piperidine rings is 1. The number of pyridine rings is 1. The van der Waals surface area contributed by atoms with Gasteiger partial charge in [0, 0.05) is 13.0 Å². The smallest absolute Gasteiger partial charge is 0.253 e. The number of aromatic nitrogens is 1. The van der Waals surface area contributed by atoms with Gasteiger partial charge in [0.2, 0.25) is 0 Å². The largest absolute Gasteiger partial charge is 0.487 e. The van der Waals surface area contributed by atoms with Crippen molar-refractivity contribution >= 4 is 11.7 Å². The number of carbonyl (C=O) groups is 1. The van der Waals surface area contributed by atoms with Crippen LogP contribution in [0.2, 0.25) is 0 Å². The fourth-order valence-electron chi connectivity index (χ4n) is 4.35. The van der Waals surface area contributed by atoms with Gasteiger partial charge >= 0.3 is 0 Å². The summed E-state index contributed by atoms with van der Waals surface area (Å²) < 4.78 is 26.5. The number of nitrogens with zero attached hydrogens (tertiary/aromatic N) is 2. The van der Waals surface area contributed by atoms with Crippen LogP contribution in [0.1, 0.15) is 39.2 Å². The monoisotopic (exact) mass is 397 g/mol. The Morgan fingerprint density at radius 1 is 1.31 bits per heavy atom. The van der Waals surface area contributed by atoms with E-state index in [0.717, 1.165) is 35.9 Å². The zero-order chi connectivity index (χ0) is 20.0. The first-order valence-electron chi connectivity index (χ1n) is 10.1. The summed E-state index contributed by atoms with van der Waals surface area (Å²) in [5, 5.41) is 2.79. The van der Waals surface area contributed by atoms with E-state index in [-0.39, 0.29) is 12.5 Å². The second kappa shape index (κ2) is 7.30. The molecule has 1 saturated heterocycles. The van der Waals surface area contributed by atoms with Gasteiger partial charge in [0.15, 0.2) is 6.17 Å². The minimum atomic E-state index is -1.11. The Bertz CT molecular complexity index is 965. The molecule has 0 spiro atoms. The number of nitrogens with one attached hydrogen (secondary N) is 1. The Morgan fingerprint density at radius 3 is 3.07 bits per heavy atom. The summed E-state index contributed by atoms with van der Waals surface area (Å²) in [5.74, 6) is 1.40. The highest BCUT2D eigenvalue weighted by atomic mass is 19.1. The molecule has 1 fully saturated rings. The number of fused-ring (bicyclic) bond motifs is 2. The van der Waals surface area contributed by atoms with E-state index in [1.54, 1.807) is 0 Å². The topological polar surface area (TPSA) is 63.7 Å². The van der Waals surface area contributed by atoms with Crippen LogP contribution < -0.4 is 15.0 Å². The van der Waals surface area contributed by atoms with E-state index in [2.05, 4.69) is 10.3 Å². The van der Waals surface area contributed by atoms with Crippen molar-refractivity contribution in [2.24, 2.45) is 0 Å². The highest BCUT2D eigenvalue weighted by Crippen LogP contribution is 2.30. The van der Waals surface area contributed by atoms with Crippen LogP contribution in [0, 0.1) is 6.92 Å². The van der Waals surface area contributed by atoms with Gasteiger partial charge in [0.05, 0.1) is 37.6 Å². The predicted molar refractivity (Wildman–Crippen MR) is 106 cm³/mol. The van der Waals surface area contributed by atoms with Crippen LogP contribution in [0.5, 0.6) is 5.75 Å². The minimum Gasteiger partial charge on any atom is -0.487 e. The summed E-state index contributed by atoms with van der Waals surface area (Å²) in [4.78, 5) is 18.4. The van der Waals surface area contributed by atoms with Crippen LogP contribution in [-0.4, -0.2) is 42.9 Å². The van der Waals surface area contributed by atoms with Gasteiger partial charge < -0.3 is 19.7 Å². The van der Waals surface area contributed by atoms with Crippen molar-refractivity contribution in [1.29, 1.82) is 0 Å². The van der Waals surface area contributed by atoms with Crippen LogP contribution in [-0.2, 0) is 24.3 Å². The number of rotatable bonds is 3. The molecule has 2 aromatic rings. The molecule has 0 saturated carbocycles. The van der Waals surface area contributed by atoms with Gasteiger partial charge in [-0.3, -0.25) is 4.79 Å². The molecule has 1 amide bonds. The lowest BCUT2D eigenvalue weighted by atomic mass is 10.0. The molecule has 3 aliphatic heterocycles. The quantitative estimate of drug-likeness (QED) is 0.863. The Kier molecular flexibility index (Phi) is 4.62. The molecule has 4 heterocycles. The number of amides is 1. The van der Waals surface area contributed by atoms with Crippen LogP contribution >= 0.6 is 0 Å². The van der Waals surface area contributed by atoms with Gasteiger partial charge in [0.1, 0.15) is 17.7 Å². The van der Waals surface area contributed by atoms with Gasteiger partial charge in [0.25, 0.3) is 5.91 Å². The summed E-state index contributed by atoms with van der Waals surface area (Å²) in [7, 11) is 0. The maximum absolute atomic E-state index is 15.0. The number of hydrogen-bond donors (Lipinski definition) is 1. The summed E-state index contributed by atoms with van der Waals surface area (Å²) >= 11 is 0. The predicted octanol–water partition coefficient (Wildman–Crippen LogP) is 2.70. The molecule has 1 aromatic carbocycles. The third kappa shape index (κ3) is 3.44.